The molecule has 0 aromatic heterocycles. The molecular weight excluding hydrogens is 396 g/mol. The number of anilines is 1. The highest BCUT2D eigenvalue weighted by atomic mass is 35.5. The average molecular weight is 417 g/mol. The van der Waals surface area contributed by atoms with Crippen LogP contribution in [0.4, 0.5) is 5.69 Å². The number of carbonyl (C=O) groups is 2. The molecule has 0 atom stereocenters. The summed E-state index contributed by atoms with van der Waals surface area (Å²) in [4.78, 5) is 25.5. The molecule has 1 aliphatic rings. The first-order valence-corrected chi connectivity index (χ1v) is 9.37. The van der Waals surface area contributed by atoms with Gasteiger partial charge >= 0.3 is 0 Å². The Kier molecular flexibility index (Phi) is 6.61. The van der Waals surface area contributed by atoms with Crippen LogP contribution in [0.1, 0.15) is 12.0 Å². The van der Waals surface area contributed by atoms with Gasteiger partial charge in [0, 0.05) is 24.7 Å². The number of nitrogens with zero attached hydrogens (tertiary/aromatic N) is 1. The number of hydrogen-bond donors (Lipinski definition) is 1. The minimum absolute atomic E-state index is 0.0431. The second-order valence-electron chi connectivity index (χ2n) is 6.26. The Morgan fingerprint density at radius 2 is 1.93 bits per heavy atom. The summed E-state index contributed by atoms with van der Waals surface area (Å²) in [6, 6.07) is 10.4. The van der Waals surface area contributed by atoms with Crippen LogP contribution < -0.4 is 24.8 Å². The van der Waals surface area contributed by atoms with E-state index >= 15 is 0 Å². The van der Waals surface area contributed by atoms with Crippen LogP contribution in [0.2, 0.25) is 5.02 Å². The minimum Gasteiger partial charge on any atom is -0.497 e. The van der Waals surface area contributed by atoms with Gasteiger partial charge < -0.3 is 24.8 Å². The van der Waals surface area contributed by atoms with Crippen molar-refractivity contribution in [3.05, 3.63) is 53.1 Å². The Morgan fingerprint density at radius 3 is 2.62 bits per heavy atom. The van der Waals surface area contributed by atoms with Gasteiger partial charge in [-0.15, -0.1) is 0 Å². The number of benzene rings is 2. The molecule has 152 valence electrons. The molecule has 29 heavy (non-hydrogen) atoms. The maximum atomic E-state index is 12.8. The van der Waals surface area contributed by atoms with E-state index in [9.17, 15) is 9.59 Å². The molecule has 0 unspecified atom stereocenters. The van der Waals surface area contributed by atoms with Crippen LogP contribution in [0, 0.1) is 0 Å². The Bertz CT molecular complexity index is 927. The summed E-state index contributed by atoms with van der Waals surface area (Å²) in [5, 5.41) is 0.412. The fraction of sp³-hybridized carbons (Fsp3) is 0.238. The maximum absolute atomic E-state index is 12.8. The Morgan fingerprint density at radius 1 is 1.21 bits per heavy atom. The molecule has 2 aromatic carbocycles. The van der Waals surface area contributed by atoms with Crippen LogP contribution in [-0.2, 0) is 9.59 Å². The minimum atomic E-state index is -0.487. The van der Waals surface area contributed by atoms with Gasteiger partial charge in [0.05, 0.1) is 12.1 Å². The second-order valence-corrected chi connectivity index (χ2v) is 6.67. The van der Waals surface area contributed by atoms with E-state index in [0.717, 1.165) is 0 Å². The lowest BCUT2D eigenvalue weighted by Crippen LogP contribution is -2.32. The number of carbonyl (C=O) groups excluding carboxylic acids is 2. The van der Waals surface area contributed by atoms with E-state index in [1.54, 1.807) is 49.6 Å². The SMILES string of the molecule is COc1ccc(N(CCC(N)=O)C(=O)C=Cc2cc(Cl)c3c(c2)OCCO3)cc1. The van der Waals surface area contributed by atoms with Crippen molar-refractivity contribution in [2.24, 2.45) is 5.73 Å². The number of ether oxygens (including phenoxy) is 3. The highest BCUT2D eigenvalue weighted by molar-refractivity contribution is 6.32. The Hall–Kier alpha value is -3.19. The van der Waals surface area contributed by atoms with Gasteiger partial charge in [0.1, 0.15) is 19.0 Å². The number of halogens is 1. The van der Waals surface area contributed by atoms with Gasteiger partial charge in [0.15, 0.2) is 11.5 Å². The number of primary amides is 1. The lowest BCUT2D eigenvalue weighted by molar-refractivity contribution is -0.118. The summed E-state index contributed by atoms with van der Waals surface area (Å²) in [5.74, 6) is 0.915. The van der Waals surface area contributed by atoms with Crippen molar-refractivity contribution in [1.29, 1.82) is 0 Å². The highest BCUT2D eigenvalue weighted by Crippen LogP contribution is 2.38. The van der Waals surface area contributed by atoms with Gasteiger partial charge in [-0.05, 0) is 48.0 Å². The van der Waals surface area contributed by atoms with E-state index in [2.05, 4.69) is 0 Å². The fourth-order valence-electron chi connectivity index (χ4n) is 2.84. The number of nitrogens with two attached hydrogens (primary N) is 1. The molecule has 1 heterocycles. The molecule has 0 radical (unpaired) electrons. The van der Waals surface area contributed by atoms with Gasteiger partial charge in [-0.1, -0.05) is 11.6 Å². The Balaban J connectivity index is 1.81. The summed E-state index contributed by atoms with van der Waals surface area (Å²) in [6.07, 6.45) is 3.08. The standard InChI is InChI=1S/C21H21ClN2O5/c1-27-16-5-3-15(4-6-16)24(9-8-19(23)25)20(26)7-2-14-12-17(22)21-18(13-14)28-10-11-29-21/h2-7,12-13H,8-11H2,1H3,(H2,23,25). The van der Waals surface area contributed by atoms with E-state index in [1.165, 1.54) is 11.0 Å². The summed E-state index contributed by atoms with van der Waals surface area (Å²) in [5.41, 5.74) is 6.57. The first kappa shape index (κ1) is 20.5. The van der Waals surface area contributed by atoms with E-state index in [4.69, 9.17) is 31.5 Å². The number of amides is 2. The van der Waals surface area contributed by atoms with Gasteiger partial charge in [0.2, 0.25) is 5.91 Å². The van der Waals surface area contributed by atoms with Crippen LogP contribution in [-0.4, -0.2) is 38.7 Å². The molecule has 0 aliphatic carbocycles. The molecule has 0 fully saturated rings. The zero-order chi connectivity index (χ0) is 20.8. The van der Waals surface area contributed by atoms with Crippen LogP contribution in [0.15, 0.2) is 42.5 Å². The molecule has 0 saturated carbocycles. The summed E-state index contributed by atoms with van der Waals surface area (Å²) >= 11 is 6.24. The van der Waals surface area contributed by atoms with Crippen LogP contribution in [0.3, 0.4) is 0 Å². The molecule has 2 N–H and O–H groups in total. The molecule has 0 saturated heterocycles. The number of rotatable bonds is 7. The van der Waals surface area contributed by atoms with Crippen LogP contribution in [0.5, 0.6) is 17.2 Å². The third kappa shape index (κ3) is 5.20. The fourth-order valence-corrected chi connectivity index (χ4v) is 3.11. The zero-order valence-electron chi connectivity index (χ0n) is 15.9. The third-order valence-electron chi connectivity index (χ3n) is 4.27. The molecule has 2 amide bonds. The lowest BCUT2D eigenvalue weighted by Gasteiger charge is -2.21. The first-order valence-electron chi connectivity index (χ1n) is 8.99. The smallest absolute Gasteiger partial charge is 0.251 e. The molecule has 3 rings (SSSR count). The predicted molar refractivity (Wildman–Crippen MR) is 111 cm³/mol. The number of methoxy groups -OCH3 is 1. The van der Waals surface area contributed by atoms with Crippen molar-refractivity contribution in [3.8, 4) is 17.2 Å². The van der Waals surface area contributed by atoms with E-state index in [0.29, 0.717) is 46.7 Å². The topological polar surface area (TPSA) is 91.1 Å². The van der Waals surface area contributed by atoms with Crippen molar-refractivity contribution < 1.29 is 23.8 Å². The second kappa shape index (κ2) is 9.34. The maximum Gasteiger partial charge on any atom is 0.251 e. The quantitative estimate of drug-likeness (QED) is 0.700. The zero-order valence-corrected chi connectivity index (χ0v) is 16.6. The van der Waals surface area contributed by atoms with E-state index in [1.807, 2.05) is 0 Å². The van der Waals surface area contributed by atoms with Gasteiger partial charge in [-0.2, -0.15) is 0 Å². The van der Waals surface area contributed by atoms with Crippen molar-refractivity contribution >= 4 is 35.2 Å². The summed E-state index contributed by atoms with van der Waals surface area (Å²) < 4.78 is 16.2. The van der Waals surface area contributed by atoms with Gasteiger partial charge in [0.25, 0.3) is 5.91 Å². The van der Waals surface area contributed by atoms with Crippen molar-refractivity contribution in [2.75, 3.05) is 31.8 Å². The number of hydrogen-bond acceptors (Lipinski definition) is 5. The summed E-state index contributed by atoms with van der Waals surface area (Å²) in [6.45, 7) is 1.04. The van der Waals surface area contributed by atoms with Crippen molar-refractivity contribution in [3.63, 3.8) is 0 Å². The van der Waals surface area contributed by atoms with Gasteiger partial charge in [-0.25, -0.2) is 0 Å². The molecule has 7 nitrogen and oxygen atoms in total. The molecule has 2 aromatic rings. The van der Waals surface area contributed by atoms with Crippen molar-refractivity contribution in [2.45, 2.75) is 6.42 Å². The van der Waals surface area contributed by atoms with Gasteiger partial charge in [-0.3, -0.25) is 9.59 Å². The first-order chi connectivity index (χ1) is 14.0. The normalized spacial score (nSPS) is 12.6. The van der Waals surface area contributed by atoms with Crippen LogP contribution >= 0.6 is 11.6 Å². The van der Waals surface area contributed by atoms with Crippen LogP contribution in [0.25, 0.3) is 6.08 Å². The highest BCUT2D eigenvalue weighted by Gasteiger charge is 2.17. The average Bonchev–Trinajstić information content (AvgIpc) is 2.72. The van der Waals surface area contributed by atoms with Crippen molar-refractivity contribution in [1.82, 2.24) is 0 Å². The molecule has 0 spiro atoms. The lowest BCUT2D eigenvalue weighted by atomic mass is 10.1. The monoisotopic (exact) mass is 416 g/mol. The Labute approximate surface area is 173 Å². The van der Waals surface area contributed by atoms with E-state index in [-0.39, 0.29) is 18.9 Å². The van der Waals surface area contributed by atoms with E-state index < -0.39 is 5.91 Å². The molecule has 0 bridgehead atoms. The number of fused-ring (bicyclic) bond motifs is 1. The molecule has 1 aliphatic heterocycles. The molecular formula is C21H21ClN2O5. The third-order valence-corrected chi connectivity index (χ3v) is 4.55. The predicted octanol–water partition coefficient (Wildman–Crippen LogP) is 3.04. The summed E-state index contributed by atoms with van der Waals surface area (Å²) in [7, 11) is 1.56. The molecule has 8 heteroatoms. The largest absolute Gasteiger partial charge is 0.497 e.